The van der Waals surface area contributed by atoms with E-state index in [1.54, 1.807) is 6.20 Å². The second-order valence-electron chi connectivity index (χ2n) is 4.29. The zero-order valence-electron chi connectivity index (χ0n) is 9.90. The molecule has 4 heteroatoms. The number of likely N-dealkylation sites (N-methyl/N-ethyl adjacent to an activating group) is 1. The van der Waals surface area contributed by atoms with E-state index in [1.165, 1.54) is 0 Å². The Balaban J connectivity index is 2.37. The number of hydrogen-bond acceptors (Lipinski definition) is 4. The lowest BCUT2D eigenvalue weighted by atomic mass is 9.96. The number of fused-ring (bicyclic) bond motifs is 1. The van der Waals surface area contributed by atoms with Crippen molar-refractivity contribution >= 4 is 11.2 Å². The van der Waals surface area contributed by atoms with Crippen molar-refractivity contribution in [1.82, 2.24) is 15.3 Å². The van der Waals surface area contributed by atoms with Crippen LogP contribution in [0.2, 0.25) is 0 Å². The first-order valence-corrected chi connectivity index (χ1v) is 5.58. The number of nitrogens with one attached hydrogen (secondary N) is 1. The molecule has 0 aliphatic heterocycles. The van der Waals surface area contributed by atoms with Crippen LogP contribution in [0.3, 0.4) is 0 Å². The van der Waals surface area contributed by atoms with Crippen LogP contribution in [0, 0.1) is 5.92 Å². The summed E-state index contributed by atoms with van der Waals surface area (Å²) in [7, 11) is 1.94. The standard InChI is InChI=1S/C12H17N3O/c1-8(2)9(7-13-3)12-15-11-10(16-12)5-4-6-14-11/h4-6,8-9,13H,7H2,1-3H3. The van der Waals surface area contributed by atoms with Gasteiger partial charge in [0, 0.05) is 12.7 Å². The molecule has 1 unspecified atom stereocenters. The third kappa shape index (κ3) is 2.07. The minimum Gasteiger partial charge on any atom is -0.439 e. The van der Waals surface area contributed by atoms with Crippen LogP contribution < -0.4 is 5.32 Å². The largest absolute Gasteiger partial charge is 0.439 e. The van der Waals surface area contributed by atoms with Crippen molar-refractivity contribution < 1.29 is 4.42 Å². The van der Waals surface area contributed by atoms with Crippen molar-refractivity contribution in [3.63, 3.8) is 0 Å². The molecule has 0 saturated carbocycles. The summed E-state index contributed by atoms with van der Waals surface area (Å²) >= 11 is 0. The van der Waals surface area contributed by atoms with E-state index in [9.17, 15) is 0 Å². The second-order valence-corrected chi connectivity index (χ2v) is 4.29. The summed E-state index contributed by atoms with van der Waals surface area (Å²) in [4.78, 5) is 8.61. The summed E-state index contributed by atoms with van der Waals surface area (Å²) in [5.74, 6) is 1.55. The Hall–Kier alpha value is -1.42. The molecule has 0 aliphatic carbocycles. The first-order valence-electron chi connectivity index (χ1n) is 5.58. The minimum atomic E-state index is 0.291. The molecule has 0 aromatic carbocycles. The van der Waals surface area contributed by atoms with Gasteiger partial charge in [0.1, 0.15) is 0 Å². The van der Waals surface area contributed by atoms with Crippen molar-refractivity contribution in [2.45, 2.75) is 19.8 Å². The van der Waals surface area contributed by atoms with Gasteiger partial charge in [-0.2, -0.15) is 4.98 Å². The van der Waals surface area contributed by atoms with Gasteiger partial charge in [0.2, 0.25) is 5.89 Å². The lowest BCUT2D eigenvalue weighted by Gasteiger charge is -2.16. The third-order valence-electron chi connectivity index (χ3n) is 2.73. The first-order chi connectivity index (χ1) is 7.72. The predicted octanol–water partition coefficient (Wildman–Crippen LogP) is 2.18. The number of rotatable bonds is 4. The van der Waals surface area contributed by atoms with E-state index in [-0.39, 0.29) is 0 Å². The van der Waals surface area contributed by atoms with Gasteiger partial charge in [0.25, 0.3) is 0 Å². The fourth-order valence-electron chi connectivity index (χ4n) is 1.77. The highest BCUT2D eigenvalue weighted by atomic mass is 16.3. The van der Waals surface area contributed by atoms with Crippen molar-refractivity contribution in [2.75, 3.05) is 13.6 Å². The Morgan fingerprint density at radius 1 is 1.44 bits per heavy atom. The minimum absolute atomic E-state index is 0.291. The van der Waals surface area contributed by atoms with Crippen LogP contribution in [0.15, 0.2) is 22.7 Å². The maximum atomic E-state index is 5.73. The molecule has 0 amide bonds. The zero-order chi connectivity index (χ0) is 11.5. The maximum absolute atomic E-state index is 5.73. The summed E-state index contributed by atoms with van der Waals surface area (Å²) < 4.78 is 5.73. The highest BCUT2D eigenvalue weighted by Gasteiger charge is 2.21. The monoisotopic (exact) mass is 219 g/mol. The molecule has 2 aromatic heterocycles. The lowest BCUT2D eigenvalue weighted by Crippen LogP contribution is -2.21. The van der Waals surface area contributed by atoms with E-state index in [2.05, 4.69) is 29.1 Å². The van der Waals surface area contributed by atoms with Gasteiger partial charge in [-0.05, 0) is 25.1 Å². The molecule has 16 heavy (non-hydrogen) atoms. The summed E-state index contributed by atoms with van der Waals surface area (Å²) in [6.07, 6.45) is 1.73. The quantitative estimate of drug-likeness (QED) is 0.856. The average Bonchev–Trinajstić information content (AvgIpc) is 2.68. The molecule has 0 radical (unpaired) electrons. The van der Waals surface area contributed by atoms with Crippen LogP contribution in [-0.4, -0.2) is 23.6 Å². The fraction of sp³-hybridized carbons (Fsp3) is 0.500. The zero-order valence-corrected chi connectivity index (χ0v) is 9.90. The molecule has 0 spiro atoms. The van der Waals surface area contributed by atoms with Gasteiger partial charge in [-0.3, -0.25) is 0 Å². The van der Waals surface area contributed by atoms with Gasteiger partial charge >= 0.3 is 0 Å². The van der Waals surface area contributed by atoms with E-state index in [0.717, 1.165) is 18.0 Å². The molecule has 0 saturated heterocycles. The summed E-state index contributed by atoms with van der Waals surface area (Å²) in [6, 6.07) is 3.76. The number of oxazole rings is 1. The van der Waals surface area contributed by atoms with Crippen LogP contribution in [0.5, 0.6) is 0 Å². The Morgan fingerprint density at radius 3 is 2.88 bits per heavy atom. The normalized spacial score (nSPS) is 13.5. The molecular formula is C12H17N3O. The smallest absolute Gasteiger partial charge is 0.201 e. The number of pyridine rings is 1. The van der Waals surface area contributed by atoms with Crippen molar-refractivity contribution in [3.05, 3.63) is 24.2 Å². The third-order valence-corrected chi connectivity index (χ3v) is 2.73. The molecule has 4 nitrogen and oxygen atoms in total. The molecule has 0 aliphatic rings. The highest BCUT2D eigenvalue weighted by molar-refractivity contribution is 5.67. The average molecular weight is 219 g/mol. The van der Waals surface area contributed by atoms with Gasteiger partial charge in [0.15, 0.2) is 11.2 Å². The Bertz CT molecular complexity index is 431. The topological polar surface area (TPSA) is 51.0 Å². The molecule has 0 bridgehead atoms. The van der Waals surface area contributed by atoms with Gasteiger partial charge in [-0.15, -0.1) is 0 Å². The van der Waals surface area contributed by atoms with Gasteiger partial charge < -0.3 is 9.73 Å². The molecule has 1 atom stereocenters. The lowest BCUT2D eigenvalue weighted by molar-refractivity contribution is 0.385. The number of nitrogens with zero attached hydrogens (tertiary/aromatic N) is 2. The fourth-order valence-corrected chi connectivity index (χ4v) is 1.77. The van der Waals surface area contributed by atoms with Crippen LogP contribution in [0.25, 0.3) is 11.2 Å². The Kier molecular flexibility index (Phi) is 3.19. The molecule has 86 valence electrons. The van der Waals surface area contributed by atoms with E-state index in [4.69, 9.17) is 4.42 Å². The van der Waals surface area contributed by atoms with Gasteiger partial charge in [-0.25, -0.2) is 4.98 Å². The summed E-state index contributed by atoms with van der Waals surface area (Å²) in [5.41, 5.74) is 1.46. The first kappa shape index (κ1) is 11.1. The van der Waals surface area contributed by atoms with Crippen molar-refractivity contribution in [2.24, 2.45) is 5.92 Å². The van der Waals surface area contributed by atoms with E-state index in [1.807, 2.05) is 19.2 Å². The van der Waals surface area contributed by atoms with Crippen LogP contribution in [0.1, 0.15) is 25.7 Å². The SMILES string of the molecule is CNCC(c1nc2ncccc2o1)C(C)C. The molecule has 2 rings (SSSR count). The second kappa shape index (κ2) is 4.61. The Morgan fingerprint density at radius 2 is 2.25 bits per heavy atom. The Labute approximate surface area is 95.1 Å². The molecule has 0 fully saturated rings. The van der Waals surface area contributed by atoms with Crippen molar-refractivity contribution in [3.8, 4) is 0 Å². The van der Waals surface area contributed by atoms with Crippen LogP contribution in [0.4, 0.5) is 0 Å². The van der Waals surface area contributed by atoms with E-state index in [0.29, 0.717) is 17.5 Å². The van der Waals surface area contributed by atoms with E-state index >= 15 is 0 Å². The van der Waals surface area contributed by atoms with Gasteiger partial charge in [0.05, 0.1) is 5.92 Å². The molecule has 2 heterocycles. The van der Waals surface area contributed by atoms with Crippen LogP contribution in [-0.2, 0) is 0 Å². The highest BCUT2D eigenvalue weighted by Crippen LogP contribution is 2.25. The molecular weight excluding hydrogens is 202 g/mol. The summed E-state index contributed by atoms with van der Waals surface area (Å²) in [6.45, 7) is 5.21. The van der Waals surface area contributed by atoms with Gasteiger partial charge in [-0.1, -0.05) is 13.8 Å². The van der Waals surface area contributed by atoms with E-state index < -0.39 is 0 Å². The number of aromatic nitrogens is 2. The van der Waals surface area contributed by atoms with Crippen molar-refractivity contribution in [1.29, 1.82) is 0 Å². The maximum Gasteiger partial charge on any atom is 0.201 e. The molecule has 1 N–H and O–H groups in total. The predicted molar refractivity (Wildman–Crippen MR) is 63.3 cm³/mol. The van der Waals surface area contributed by atoms with Crippen LogP contribution >= 0.6 is 0 Å². The summed E-state index contributed by atoms with van der Waals surface area (Å²) in [5, 5.41) is 3.17. The number of hydrogen-bond donors (Lipinski definition) is 1. The molecule has 2 aromatic rings.